The number of carbonyl (C=O) groups is 1. The highest BCUT2D eigenvalue weighted by Gasteiger charge is 2.31. The van der Waals surface area contributed by atoms with E-state index < -0.39 is 0 Å². The normalized spacial score (nSPS) is 18.8. The first-order valence-corrected chi connectivity index (χ1v) is 10.4. The summed E-state index contributed by atoms with van der Waals surface area (Å²) in [5.74, 6) is 1.77. The molecule has 3 aromatic rings. The van der Waals surface area contributed by atoms with Gasteiger partial charge in [0.2, 0.25) is 5.91 Å². The fourth-order valence-corrected chi connectivity index (χ4v) is 4.58. The van der Waals surface area contributed by atoms with Crippen molar-refractivity contribution in [2.75, 3.05) is 19.8 Å². The Morgan fingerprint density at radius 2 is 1.86 bits per heavy atom. The van der Waals surface area contributed by atoms with Crippen molar-refractivity contribution in [3.63, 3.8) is 0 Å². The van der Waals surface area contributed by atoms with Crippen molar-refractivity contribution < 1.29 is 14.3 Å². The molecule has 2 aliphatic heterocycles. The number of rotatable bonds is 3. The Hall–Kier alpha value is -2.95. The molecule has 1 unspecified atom stereocenters. The molecular weight excluding hydrogens is 364 g/mol. The number of nitrogens with zero attached hydrogens (tertiary/aromatic N) is 2. The smallest absolute Gasteiger partial charge is 0.243 e. The Bertz CT molecular complexity index is 1060. The van der Waals surface area contributed by atoms with Crippen LogP contribution in [0.1, 0.15) is 36.6 Å². The summed E-state index contributed by atoms with van der Waals surface area (Å²) in [6, 6.07) is 16.6. The Balaban J connectivity index is 1.40. The van der Waals surface area contributed by atoms with Gasteiger partial charge in [-0.05, 0) is 55.0 Å². The van der Waals surface area contributed by atoms with Gasteiger partial charge in [0.05, 0.1) is 19.3 Å². The summed E-state index contributed by atoms with van der Waals surface area (Å²) in [5, 5.41) is 1.18. The number of aryl methyl sites for hydroxylation is 1. The average Bonchev–Trinajstić information content (AvgIpc) is 3.26. The van der Waals surface area contributed by atoms with E-state index in [-0.39, 0.29) is 11.9 Å². The Morgan fingerprint density at radius 1 is 1.03 bits per heavy atom. The highest BCUT2D eigenvalue weighted by molar-refractivity contribution is 5.84. The number of carbonyl (C=O) groups excluding carboxylic acids is 1. The first-order valence-electron chi connectivity index (χ1n) is 10.4. The zero-order valence-electron chi connectivity index (χ0n) is 16.8. The summed E-state index contributed by atoms with van der Waals surface area (Å²) >= 11 is 0. The van der Waals surface area contributed by atoms with Gasteiger partial charge >= 0.3 is 0 Å². The average molecular weight is 390 g/mol. The van der Waals surface area contributed by atoms with Crippen LogP contribution in [0.15, 0.2) is 48.5 Å². The van der Waals surface area contributed by atoms with Crippen LogP contribution in [0, 0.1) is 6.92 Å². The number of benzene rings is 2. The maximum absolute atomic E-state index is 13.3. The predicted octanol–water partition coefficient (Wildman–Crippen LogP) is 4.47. The summed E-state index contributed by atoms with van der Waals surface area (Å²) in [6.45, 7) is 4.60. The van der Waals surface area contributed by atoms with Gasteiger partial charge in [0.15, 0.2) is 11.5 Å². The van der Waals surface area contributed by atoms with Crippen molar-refractivity contribution in [3.05, 3.63) is 59.8 Å². The number of hydrogen-bond donors (Lipinski definition) is 0. The lowest BCUT2D eigenvalue weighted by Crippen LogP contribution is -2.33. The number of para-hydroxylation sites is 1. The van der Waals surface area contributed by atoms with Crippen LogP contribution < -0.4 is 9.47 Å². The zero-order valence-corrected chi connectivity index (χ0v) is 16.8. The fourth-order valence-electron chi connectivity index (χ4n) is 4.58. The lowest BCUT2D eigenvalue weighted by Gasteiger charge is -2.26. The second kappa shape index (κ2) is 7.47. The molecular formula is C24H26N2O3. The van der Waals surface area contributed by atoms with E-state index in [0.29, 0.717) is 19.8 Å². The van der Waals surface area contributed by atoms with E-state index in [1.807, 2.05) is 23.1 Å². The van der Waals surface area contributed by atoms with Crippen molar-refractivity contribution in [1.29, 1.82) is 0 Å². The molecule has 0 aliphatic carbocycles. The van der Waals surface area contributed by atoms with Gasteiger partial charge in [0.1, 0.15) is 6.54 Å². The van der Waals surface area contributed by atoms with Gasteiger partial charge in [-0.25, -0.2) is 0 Å². The van der Waals surface area contributed by atoms with Crippen molar-refractivity contribution in [2.24, 2.45) is 0 Å². The van der Waals surface area contributed by atoms with E-state index in [1.165, 1.54) is 5.39 Å². The Morgan fingerprint density at radius 3 is 2.76 bits per heavy atom. The van der Waals surface area contributed by atoms with E-state index in [0.717, 1.165) is 54.1 Å². The number of hydrogen-bond acceptors (Lipinski definition) is 3. The molecule has 5 nitrogen and oxygen atoms in total. The molecule has 0 bridgehead atoms. The molecule has 5 heteroatoms. The number of aromatic nitrogens is 1. The third-order valence-electron chi connectivity index (χ3n) is 6.04. The van der Waals surface area contributed by atoms with Crippen LogP contribution in [0.5, 0.6) is 11.5 Å². The largest absolute Gasteiger partial charge is 0.490 e. The molecule has 1 saturated heterocycles. The molecule has 1 atom stereocenters. The van der Waals surface area contributed by atoms with Crippen molar-refractivity contribution >= 4 is 16.8 Å². The minimum absolute atomic E-state index is 0.0989. The van der Waals surface area contributed by atoms with Crippen LogP contribution >= 0.6 is 0 Å². The first kappa shape index (κ1) is 18.1. The van der Waals surface area contributed by atoms with Crippen LogP contribution in [-0.4, -0.2) is 35.1 Å². The number of amides is 1. The molecule has 0 spiro atoms. The Labute approximate surface area is 170 Å². The summed E-state index contributed by atoms with van der Waals surface area (Å²) in [7, 11) is 0. The van der Waals surface area contributed by atoms with Gasteiger partial charge in [0, 0.05) is 24.2 Å². The standard InChI is InChI=1S/C24H26N2O3/c1-17-14-18-6-2-3-7-21(18)26(17)16-24(27)25-11-4-8-20(25)19-9-10-22-23(15-19)29-13-5-12-28-22/h2-3,6-7,9-10,14-15,20H,4-5,8,11-13,16H2,1H3. The molecule has 2 aromatic carbocycles. The highest BCUT2D eigenvalue weighted by Crippen LogP contribution is 2.38. The molecule has 0 N–H and O–H groups in total. The third kappa shape index (κ3) is 3.35. The lowest BCUT2D eigenvalue weighted by atomic mass is 10.0. The molecule has 2 aliphatic rings. The molecule has 1 aromatic heterocycles. The molecule has 150 valence electrons. The van der Waals surface area contributed by atoms with Crippen LogP contribution in [0.25, 0.3) is 10.9 Å². The van der Waals surface area contributed by atoms with Crippen LogP contribution in [0.4, 0.5) is 0 Å². The number of likely N-dealkylation sites (tertiary alicyclic amines) is 1. The van der Waals surface area contributed by atoms with E-state index in [4.69, 9.17) is 9.47 Å². The highest BCUT2D eigenvalue weighted by atomic mass is 16.5. The van der Waals surface area contributed by atoms with Gasteiger partial charge < -0.3 is 18.9 Å². The first-order chi connectivity index (χ1) is 14.2. The summed E-state index contributed by atoms with van der Waals surface area (Å²) < 4.78 is 13.7. The second-order valence-corrected chi connectivity index (χ2v) is 7.93. The third-order valence-corrected chi connectivity index (χ3v) is 6.04. The van der Waals surface area contributed by atoms with Crippen molar-refractivity contribution in [1.82, 2.24) is 9.47 Å². The van der Waals surface area contributed by atoms with Gasteiger partial charge in [0.25, 0.3) is 0 Å². The molecule has 1 fully saturated rings. The number of ether oxygens (including phenoxy) is 2. The topological polar surface area (TPSA) is 43.7 Å². The van der Waals surface area contributed by atoms with Crippen LogP contribution in [-0.2, 0) is 11.3 Å². The summed E-state index contributed by atoms with van der Waals surface area (Å²) in [6.07, 6.45) is 2.90. The molecule has 5 rings (SSSR count). The summed E-state index contributed by atoms with van der Waals surface area (Å²) in [5.41, 5.74) is 3.37. The van der Waals surface area contributed by atoms with Crippen LogP contribution in [0.2, 0.25) is 0 Å². The molecule has 3 heterocycles. The zero-order chi connectivity index (χ0) is 19.8. The van der Waals surface area contributed by atoms with E-state index in [2.05, 4.69) is 41.8 Å². The lowest BCUT2D eigenvalue weighted by molar-refractivity contribution is -0.132. The van der Waals surface area contributed by atoms with Gasteiger partial charge in [-0.15, -0.1) is 0 Å². The molecule has 1 amide bonds. The maximum atomic E-state index is 13.3. The van der Waals surface area contributed by atoms with Crippen LogP contribution in [0.3, 0.4) is 0 Å². The fraction of sp³-hybridized carbons (Fsp3) is 0.375. The van der Waals surface area contributed by atoms with E-state index >= 15 is 0 Å². The minimum atomic E-state index is 0.0989. The predicted molar refractivity (Wildman–Crippen MR) is 112 cm³/mol. The molecule has 0 saturated carbocycles. The minimum Gasteiger partial charge on any atom is -0.490 e. The van der Waals surface area contributed by atoms with Gasteiger partial charge in [-0.1, -0.05) is 24.3 Å². The van der Waals surface area contributed by atoms with E-state index in [1.54, 1.807) is 0 Å². The quantitative estimate of drug-likeness (QED) is 0.663. The maximum Gasteiger partial charge on any atom is 0.243 e. The molecule has 29 heavy (non-hydrogen) atoms. The van der Waals surface area contributed by atoms with Crippen molar-refractivity contribution in [2.45, 2.75) is 38.8 Å². The monoisotopic (exact) mass is 390 g/mol. The van der Waals surface area contributed by atoms with Gasteiger partial charge in [-0.3, -0.25) is 4.79 Å². The molecule has 0 radical (unpaired) electrons. The SMILES string of the molecule is Cc1cc2ccccc2n1CC(=O)N1CCCC1c1ccc2c(c1)OCCCO2. The van der Waals surface area contributed by atoms with E-state index in [9.17, 15) is 4.79 Å². The summed E-state index contributed by atoms with van der Waals surface area (Å²) in [4.78, 5) is 15.3. The number of fused-ring (bicyclic) bond motifs is 2. The van der Waals surface area contributed by atoms with Crippen molar-refractivity contribution in [3.8, 4) is 11.5 Å². The second-order valence-electron chi connectivity index (χ2n) is 7.93. The van der Waals surface area contributed by atoms with Gasteiger partial charge in [-0.2, -0.15) is 0 Å². The Kier molecular flexibility index (Phi) is 4.66.